The Morgan fingerprint density at radius 2 is 1.48 bits per heavy atom. The highest BCUT2D eigenvalue weighted by Crippen LogP contribution is 2.43. The fraction of sp³-hybridized carbons (Fsp3) is 0.882. The lowest BCUT2D eigenvalue weighted by Crippen LogP contribution is -2.37. The van der Waals surface area contributed by atoms with Crippen molar-refractivity contribution in [3.63, 3.8) is 0 Å². The van der Waals surface area contributed by atoms with Gasteiger partial charge in [-0.2, -0.15) is 0 Å². The van der Waals surface area contributed by atoms with Gasteiger partial charge in [-0.1, -0.05) is 51.9 Å². The van der Waals surface area contributed by atoms with Gasteiger partial charge in [0.05, 0.1) is 11.3 Å². The molecule has 0 aliphatic heterocycles. The first-order valence-electron chi connectivity index (χ1n) is 8.48. The molecule has 0 amide bonds. The summed E-state index contributed by atoms with van der Waals surface area (Å²) >= 11 is 0. The zero-order valence-electron chi connectivity index (χ0n) is 13.3. The summed E-state index contributed by atoms with van der Waals surface area (Å²) in [4.78, 5) is 22.6. The lowest BCUT2D eigenvalue weighted by Gasteiger charge is -2.35. The van der Waals surface area contributed by atoms with Gasteiger partial charge >= 0.3 is 11.9 Å². The van der Waals surface area contributed by atoms with Crippen molar-refractivity contribution >= 4 is 11.9 Å². The van der Waals surface area contributed by atoms with Crippen molar-refractivity contribution in [2.45, 2.75) is 84.0 Å². The summed E-state index contributed by atoms with van der Waals surface area (Å²) in [6, 6.07) is 0. The molecule has 0 unspecified atom stereocenters. The Balaban J connectivity index is 2.31. The minimum atomic E-state index is -0.773. The topological polar surface area (TPSA) is 74.6 Å². The van der Waals surface area contributed by atoms with Gasteiger partial charge in [0.25, 0.3) is 0 Å². The van der Waals surface area contributed by atoms with E-state index in [-0.39, 0.29) is 5.92 Å². The second kappa shape index (κ2) is 9.06. The van der Waals surface area contributed by atoms with Gasteiger partial charge in [0.2, 0.25) is 0 Å². The summed E-state index contributed by atoms with van der Waals surface area (Å²) in [7, 11) is 0. The predicted octanol–water partition coefficient (Wildman–Crippen LogP) is 4.47. The highest BCUT2D eigenvalue weighted by molar-refractivity contribution is 5.76. The van der Waals surface area contributed by atoms with Crippen LogP contribution >= 0.6 is 0 Å². The van der Waals surface area contributed by atoms with Crippen molar-refractivity contribution < 1.29 is 19.8 Å². The van der Waals surface area contributed by atoms with E-state index in [4.69, 9.17) is 5.11 Å². The molecule has 1 rings (SSSR count). The van der Waals surface area contributed by atoms with Crippen LogP contribution in [0.25, 0.3) is 0 Å². The second-order valence-corrected chi connectivity index (χ2v) is 6.57. The maximum atomic E-state index is 11.6. The van der Waals surface area contributed by atoms with Crippen LogP contribution in [0.4, 0.5) is 0 Å². The van der Waals surface area contributed by atoms with Crippen LogP contribution in [0, 0.1) is 11.3 Å². The zero-order chi connectivity index (χ0) is 15.7. The third kappa shape index (κ3) is 5.68. The maximum absolute atomic E-state index is 11.6. The zero-order valence-corrected chi connectivity index (χ0v) is 13.3. The molecule has 0 atom stereocenters. The van der Waals surface area contributed by atoms with Crippen LogP contribution in [-0.2, 0) is 9.59 Å². The van der Waals surface area contributed by atoms with E-state index in [0.29, 0.717) is 32.1 Å². The molecule has 0 saturated heterocycles. The molecule has 21 heavy (non-hydrogen) atoms. The Labute approximate surface area is 127 Å². The Morgan fingerprint density at radius 3 is 1.95 bits per heavy atom. The van der Waals surface area contributed by atoms with E-state index in [9.17, 15) is 14.7 Å². The van der Waals surface area contributed by atoms with E-state index >= 15 is 0 Å². The van der Waals surface area contributed by atoms with Gasteiger partial charge < -0.3 is 10.2 Å². The smallest absolute Gasteiger partial charge is 0.309 e. The van der Waals surface area contributed by atoms with Crippen molar-refractivity contribution in [1.82, 2.24) is 0 Å². The van der Waals surface area contributed by atoms with Crippen molar-refractivity contribution in [2.24, 2.45) is 11.3 Å². The van der Waals surface area contributed by atoms with Gasteiger partial charge in [-0.25, -0.2) is 0 Å². The highest BCUT2D eigenvalue weighted by atomic mass is 16.4. The molecule has 0 radical (unpaired) electrons. The van der Waals surface area contributed by atoms with Gasteiger partial charge in [-0.15, -0.1) is 0 Å². The van der Waals surface area contributed by atoms with E-state index < -0.39 is 17.4 Å². The van der Waals surface area contributed by atoms with Crippen LogP contribution < -0.4 is 0 Å². The van der Waals surface area contributed by atoms with Crippen LogP contribution in [0.3, 0.4) is 0 Å². The Hall–Kier alpha value is -1.06. The average molecular weight is 298 g/mol. The second-order valence-electron chi connectivity index (χ2n) is 6.57. The highest BCUT2D eigenvalue weighted by Gasteiger charge is 2.42. The number of carboxylic acid groups (broad SMARTS) is 2. The number of carboxylic acids is 2. The van der Waals surface area contributed by atoms with E-state index in [0.717, 1.165) is 12.8 Å². The molecule has 1 aliphatic carbocycles. The molecule has 0 heterocycles. The van der Waals surface area contributed by atoms with Crippen LogP contribution in [0.5, 0.6) is 0 Å². The van der Waals surface area contributed by atoms with E-state index in [1.807, 2.05) is 0 Å². The normalized spacial score (nSPS) is 25.7. The Kier molecular flexibility index (Phi) is 7.76. The SMILES string of the molecule is CCCCCCCCCC1(C(=O)O)CCC(C(=O)O)CC1. The van der Waals surface area contributed by atoms with Gasteiger partial charge in [0, 0.05) is 0 Å². The van der Waals surface area contributed by atoms with Crippen molar-refractivity contribution in [2.75, 3.05) is 0 Å². The number of unbranched alkanes of at least 4 members (excludes halogenated alkanes) is 6. The van der Waals surface area contributed by atoms with Gasteiger partial charge in [0.15, 0.2) is 0 Å². The van der Waals surface area contributed by atoms with Gasteiger partial charge in [0.1, 0.15) is 0 Å². The standard InChI is InChI=1S/C17H30O4/c1-2-3-4-5-6-7-8-11-17(16(20)21)12-9-14(10-13-17)15(18)19/h14H,2-13H2,1H3,(H,18,19)(H,20,21). The largest absolute Gasteiger partial charge is 0.481 e. The van der Waals surface area contributed by atoms with Crippen molar-refractivity contribution in [3.05, 3.63) is 0 Å². The Bertz CT molecular complexity index is 330. The molecule has 0 bridgehead atoms. The molecule has 4 nitrogen and oxygen atoms in total. The van der Waals surface area contributed by atoms with Gasteiger partial charge in [-0.3, -0.25) is 9.59 Å². The predicted molar refractivity (Wildman–Crippen MR) is 82.3 cm³/mol. The summed E-state index contributed by atoms with van der Waals surface area (Å²) in [5, 5.41) is 18.6. The molecule has 2 N–H and O–H groups in total. The van der Waals surface area contributed by atoms with Crippen molar-refractivity contribution in [3.8, 4) is 0 Å². The minimum Gasteiger partial charge on any atom is -0.481 e. The minimum absolute atomic E-state index is 0.341. The molecule has 1 aliphatic rings. The molecule has 1 fully saturated rings. The van der Waals surface area contributed by atoms with Crippen LogP contribution in [-0.4, -0.2) is 22.2 Å². The third-order valence-electron chi connectivity index (χ3n) is 5.00. The van der Waals surface area contributed by atoms with Crippen LogP contribution in [0.1, 0.15) is 84.0 Å². The van der Waals surface area contributed by atoms with E-state index in [2.05, 4.69) is 6.92 Å². The maximum Gasteiger partial charge on any atom is 0.309 e. The molecule has 0 spiro atoms. The van der Waals surface area contributed by atoms with Crippen LogP contribution in [0.2, 0.25) is 0 Å². The molecular formula is C17H30O4. The van der Waals surface area contributed by atoms with Gasteiger partial charge in [-0.05, 0) is 32.1 Å². The molecule has 1 saturated carbocycles. The number of hydrogen-bond acceptors (Lipinski definition) is 2. The molecule has 0 aromatic heterocycles. The molecule has 122 valence electrons. The summed E-state index contributed by atoms with van der Waals surface area (Å²) in [5.41, 5.74) is -0.657. The lowest BCUT2D eigenvalue weighted by atomic mass is 9.68. The first kappa shape index (κ1) is 18.0. The summed E-state index contributed by atoms with van der Waals surface area (Å²) < 4.78 is 0. The number of carbonyl (C=O) groups is 2. The summed E-state index contributed by atoms with van der Waals surface area (Å²) in [5.74, 6) is -1.84. The fourth-order valence-electron chi connectivity index (χ4n) is 3.41. The Morgan fingerprint density at radius 1 is 0.952 bits per heavy atom. The first-order valence-corrected chi connectivity index (χ1v) is 8.48. The monoisotopic (exact) mass is 298 g/mol. The summed E-state index contributed by atoms with van der Waals surface area (Å²) in [6.07, 6.45) is 11.1. The van der Waals surface area contributed by atoms with E-state index in [1.165, 1.54) is 32.1 Å². The summed E-state index contributed by atoms with van der Waals surface area (Å²) in [6.45, 7) is 2.20. The first-order chi connectivity index (χ1) is 10.0. The molecule has 0 aromatic rings. The molecule has 0 aromatic carbocycles. The van der Waals surface area contributed by atoms with E-state index in [1.54, 1.807) is 0 Å². The lowest BCUT2D eigenvalue weighted by molar-refractivity contribution is -0.156. The molecule has 4 heteroatoms. The fourth-order valence-corrected chi connectivity index (χ4v) is 3.41. The average Bonchev–Trinajstić information content (AvgIpc) is 2.46. The quantitative estimate of drug-likeness (QED) is 0.583. The number of hydrogen-bond donors (Lipinski definition) is 2. The molecular weight excluding hydrogens is 268 g/mol. The van der Waals surface area contributed by atoms with Crippen molar-refractivity contribution in [1.29, 1.82) is 0 Å². The van der Waals surface area contributed by atoms with Crippen LogP contribution in [0.15, 0.2) is 0 Å². The number of aliphatic carboxylic acids is 2. The third-order valence-corrected chi connectivity index (χ3v) is 5.00. The number of rotatable bonds is 10.